The molecule has 0 bridgehead atoms. The van der Waals surface area contributed by atoms with E-state index in [4.69, 9.17) is 4.74 Å². The molecule has 0 fully saturated rings. The standard InChI is InChI=1S/C19H19F2NO3/c1-10-7-11(2)17(12(3)8-10)19(24)25-13(4)18(23)22-16-6-5-14(20)9-15(16)21/h5-9,13H,1-4H3,(H,22,23). The van der Waals surface area contributed by atoms with Crippen LogP contribution in [-0.2, 0) is 9.53 Å². The van der Waals surface area contributed by atoms with Crippen molar-refractivity contribution in [2.45, 2.75) is 33.8 Å². The molecule has 0 aromatic heterocycles. The number of hydrogen-bond acceptors (Lipinski definition) is 3. The van der Waals surface area contributed by atoms with Crippen molar-refractivity contribution < 1.29 is 23.1 Å². The summed E-state index contributed by atoms with van der Waals surface area (Å²) in [4.78, 5) is 24.4. The highest BCUT2D eigenvalue weighted by atomic mass is 19.1. The van der Waals surface area contributed by atoms with Crippen molar-refractivity contribution in [1.29, 1.82) is 0 Å². The maximum atomic E-state index is 13.6. The second-order valence-corrected chi connectivity index (χ2v) is 5.93. The Bertz CT molecular complexity index is 810. The molecule has 1 atom stereocenters. The molecule has 0 saturated carbocycles. The minimum Gasteiger partial charge on any atom is -0.449 e. The van der Waals surface area contributed by atoms with Crippen LogP contribution < -0.4 is 5.32 Å². The molecule has 132 valence electrons. The second kappa shape index (κ2) is 7.42. The minimum absolute atomic E-state index is 0.183. The molecule has 0 aliphatic rings. The monoisotopic (exact) mass is 347 g/mol. The van der Waals surface area contributed by atoms with Gasteiger partial charge in [0.15, 0.2) is 6.10 Å². The topological polar surface area (TPSA) is 55.4 Å². The molecule has 2 aromatic carbocycles. The van der Waals surface area contributed by atoms with Gasteiger partial charge < -0.3 is 10.1 Å². The van der Waals surface area contributed by atoms with E-state index in [9.17, 15) is 18.4 Å². The summed E-state index contributed by atoms with van der Waals surface area (Å²) in [5.74, 6) is -2.99. The molecule has 6 heteroatoms. The fourth-order valence-electron chi connectivity index (χ4n) is 2.60. The average molecular weight is 347 g/mol. The van der Waals surface area contributed by atoms with E-state index in [1.165, 1.54) is 6.92 Å². The van der Waals surface area contributed by atoms with Gasteiger partial charge in [0, 0.05) is 6.07 Å². The van der Waals surface area contributed by atoms with E-state index in [1.807, 2.05) is 19.1 Å². The number of nitrogens with one attached hydrogen (secondary N) is 1. The molecular formula is C19H19F2NO3. The smallest absolute Gasteiger partial charge is 0.339 e. The number of hydrogen-bond donors (Lipinski definition) is 1. The zero-order valence-electron chi connectivity index (χ0n) is 14.4. The van der Waals surface area contributed by atoms with Crippen molar-refractivity contribution in [1.82, 2.24) is 0 Å². The van der Waals surface area contributed by atoms with Crippen LogP contribution in [0, 0.1) is 32.4 Å². The molecular weight excluding hydrogens is 328 g/mol. The lowest BCUT2D eigenvalue weighted by atomic mass is 10.00. The predicted molar refractivity (Wildman–Crippen MR) is 90.5 cm³/mol. The normalized spacial score (nSPS) is 11.8. The molecule has 25 heavy (non-hydrogen) atoms. The van der Waals surface area contributed by atoms with E-state index in [0.29, 0.717) is 11.6 Å². The summed E-state index contributed by atoms with van der Waals surface area (Å²) in [6, 6.07) is 6.48. The van der Waals surface area contributed by atoms with Gasteiger partial charge in [-0.2, -0.15) is 0 Å². The number of carbonyl (C=O) groups excluding carboxylic acids is 2. The van der Waals surface area contributed by atoms with Gasteiger partial charge in [0.2, 0.25) is 0 Å². The highest BCUT2D eigenvalue weighted by molar-refractivity contribution is 5.98. The van der Waals surface area contributed by atoms with Crippen LogP contribution in [0.4, 0.5) is 14.5 Å². The number of rotatable bonds is 4. The predicted octanol–water partition coefficient (Wildman–Crippen LogP) is 4.07. The number of aryl methyl sites for hydroxylation is 3. The van der Waals surface area contributed by atoms with Crippen LogP contribution in [0.25, 0.3) is 0 Å². The highest BCUT2D eigenvalue weighted by Crippen LogP contribution is 2.19. The van der Waals surface area contributed by atoms with E-state index in [0.717, 1.165) is 28.8 Å². The van der Waals surface area contributed by atoms with Crippen LogP contribution >= 0.6 is 0 Å². The van der Waals surface area contributed by atoms with Crippen LogP contribution in [0.5, 0.6) is 0 Å². The third-order valence-electron chi connectivity index (χ3n) is 3.72. The maximum Gasteiger partial charge on any atom is 0.339 e. The fraction of sp³-hybridized carbons (Fsp3) is 0.263. The van der Waals surface area contributed by atoms with E-state index in [-0.39, 0.29) is 5.69 Å². The summed E-state index contributed by atoms with van der Waals surface area (Å²) < 4.78 is 31.7. The lowest BCUT2D eigenvalue weighted by Gasteiger charge is -2.16. The van der Waals surface area contributed by atoms with Crippen LogP contribution in [0.2, 0.25) is 0 Å². The summed E-state index contributed by atoms with van der Waals surface area (Å²) in [6.07, 6.45) is -1.14. The van der Waals surface area contributed by atoms with E-state index >= 15 is 0 Å². The van der Waals surface area contributed by atoms with Crippen molar-refractivity contribution in [3.63, 3.8) is 0 Å². The Kier molecular flexibility index (Phi) is 5.51. The van der Waals surface area contributed by atoms with Crippen LogP contribution in [-0.4, -0.2) is 18.0 Å². The summed E-state index contributed by atoms with van der Waals surface area (Å²) in [5.41, 5.74) is 2.73. The fourth-order valence-corrected chi connectivity index (χ4v) is 2.60. The quantitative estimate of drug-likeness (QED) is 0.848. The Morgan fingerprint density at radius 1 is 1.04 bits per heavy atom. The number of esters is 1. The van der Waals surface area contributed by atoms with Crippen LogP contribution in [0.1, 0.15) is 34.0 Å². The molecule has 1 amide bonds. The summed E-state index contributed by atoms with van der Waals surface area (Å²) >= 11 is 0. The first kappa shape index (κ1) is 18.6. The first-order valence-corrected chi connectivity index (χ1v) is 7.73. The van der Waals surface area contributed by atoms with Gasteiger partial charge in [-0.1, -0.05) is 17.7 Å². The molecule has 0 saturated heterocycles. The molecule has 2 aromatic rings. The van der Waals surface area contributed by atoms with Crippen molar-refractivity contribution in [2.24, 2.45) is 0 Å². The first-order chi connectivity index (χ1) is 11.7. The molecule has 2 rings (SSSR count). The third kappa shape index (κ3) is 4.41. The molecule has 0 heterocycles. The lowest BCUT2D eigenvalue weighted by molar-refractivity contribution is -0.123. The van der Waals surface area contributed by atoms with E-state index in [1.54, 1.807) is 13.8 Å². The van der Waals surface area contributed by atoms with Crippen LogP contribution in [0.3, 0.4) is 0 Å². The molecule has 4 nitrogen and oxygen atoms in total. The van der Waals surface area contributed by atoms with Gasteiger partial charge in [-0.25, -0.2) is 13.6 Å². The minimum atomic E-state index is -1.14. The first-order valence-electron chi connectivity index (χ1n) is 7.73. The van der Waals surface area contributed by atoms with Gasteiger partial charge in [-0.3, -0.25) is 4.79 Å². The van der Waals surface area contributed by atoms with Gasteiger partial charge >= 0.3 is 5.97 Å². The van der Waals surface area contributed by atoms with Crippen LogP contribution in [0.15, 0.2) is 30.3 Å². The van der Waals surface area contributed by atoms with Gasteiger partial charge in [0.1, 0.15) is 11.6 Å². The van der Waals surface area contributed by atoms with Crippen molar-refractivity contribution in [2.75, 3.05) is 5.32 Å². The lowest BCUT2D eigenvalue weighted by Crippen LogP contribution is -2.30. The Labute approximate surface area is 144 Å². The number of amides is 1. The molecule has 0 radical (unpaired) electrons. The summed E-state index contributed by atoms with van der Waals surface area (Å²) in [5, 5.41) is 2.27. The Balaban J connectivity index is 2.09. The number of carbonyl (C=O) groups is 2. The Morgan fingerprint density at radius 2 is 1.64 bits per heavy atom. The van der Waals surface area contributed by atoms with Gasteiger partial charge in [-0.05, 0) is 51.0 Å². The molecule has 1 N–H and O–H groups in total. The average Bonchev–Trinajstić information content (AvgIpc) is 2.48. The van der Waals surface area contributed by atoms with Gasteiger partial charge in [-0.15, -0.1) is 0 Å². The third-order valence-corrected chi connectivity index (χ3v) is 3.72. The van der Waals surface area contributed by atoms with E-state index < -0.39 is 29.6 Å². The molecule has 0 spiro atoms. The largest absolute Gasteiger partial charge is 0.449 e. The van der Waals surface area contributed by atoms with Crippen molar-refractivity contribution in [3.8, 4) is 0 Å². The summed E-state index contributed by atoms with van der Waals surface area (Å²) in [6.45, 7) is 6.88. The van der Waals surface area contributed by atoms with Gasteiger partial charge in [0.25, 0.3) is 5.91 Å². The maximum absolute atomic E-state index is 13.6. The molecule has 0 aliphatic heterocycles. The molecule has 1 unspecified atom stereocenters. The van der Waals surface area contributed by atoms with Gasteiger partial charge in [0.05, 0.1) is 11.3 Å². The Morgan fingerprint density at radius 3 is 2.20 bits per heavy atom. The zero-order chi connectivity index (χ0) is 18.7. The number of benzene rings is 2. The zero-order valence-corrected chi connectivity index (χ0v) is 14.4. The highest BCUT2D eigenvalue weighted by Gasteiger charge is 2.22. The summed E-state index contributed by atoms with van der Waals surface area (Å²) in [7, 11) is 0. The SMILES string of the molecule is Cc1cc(C)c(C(=O)OC(C)C(=O)Nc2ccc(F)cc2F)c(C)c1. The number of anilines is 1. The number of halogens is 2. The second-order valence-electron chi connectivity index (χ2n) is 5.93. The number of ether oxygens (including phenoxy) is 1. The van der Waals surface area contributed by atoms with E-state index in [2.05, 4.69) is 5.32 Å². The van der Waals surface area contributed by atoms with Crippen molar-refractivity contribution >= 4 is 17.6 Å². The molecule has 0 aliphatic carbocycles. The Hall–Kier alpha value is -2.76. The van der Waals surface area contributed by atoms with Crippen molar-refractivity contribution in [3.05, 3.63) is 64.2 Å².